The lowest BCUT2D eigenvalue weighted by Crippen LogP contribution is -2.48. The van der Waals surface area contributed by atoms with Gasteiger partial charge in [0.15, 0.2) is 5.82 Å². The maximum atomic E-state index is 6.30. The Morgan fingerprint density at radius 2 is 1.61 bits per heavy atom. The van der Waals surface area contributed by atoms with E-state index in [-0.39, 0.29) is 0 Å². The minimum absolute atomic E-state index is 0.706. The van der Waals surface area contributed by atoms with Gasteiger partial charge in [0.1, 0.15) is 5.82 Å². The van der Waals surface area contributed by atoms with Crippen LogP contribution in [0.25, 0.3) is 17.2 Å². The number of hydrogen-bond acceptors (Lipinski definition) is 5. The van der Waals surface area contributed by atoms with Crippen LogP contribution in [0.3, 0.4) is 0 Å². The van der Waals surface area contributed by atoms with Crippen LogP contribution >= 0.6 is 11.6 Å². The molecule has 6 nitrogen and oxygen atoms in total. The Morgan fingerprint density at radius 1 is 0.848 bits per heavy atom. The summed E-state index contributed by atoms with van der Waals surface area (Å²) in [6.45, 7) is 5.90. The van der Waals surface area contributed by atoms with Gasteiger partial charge in [-0.2, -0.15) is 9.50 Å². The Hall–Kier alpha value is -3.12. The zero-order valence-corrected chi connectivity index (χ0v) is 19.6. The van der Waals surface area contributed by atoms with E-state index in [0.717, 1.165) is 55.4 Å². The fraction of sp³-hybridized carbons (Fsp3) is 0.346. The van der Waals surface area contributed by atoms with Crippen LogP contribution in [0, 0.1) is 6.92 Å². The summed E-state index contributed by atoms with van der Waals surface area (Å²) in [6.07, 6.45) is 4.47. The number of fused-ring (bicyclic) bond motifs is 2. The second-order valence-electron chi connectivity index (χ2n) is 8.99. The van der Waals surface area contributed by atoms with E-state index in [1.165, 1.54) is 41.2 Å². The summed E-state index contributed by atoms with van der Waals surface area (Å²) in [4.78, 5) is 14.7. The minimum atomic E-state index is 0.706. The van der Waals surface area contributed by atoms with E-state index < -0.39 is 0 Å². The zero-order chi connectivity index (χ0) is 22.4. The monoisotopic (exact) mass is 458 g/mol. The van der Waals surface area contributed by atoms with Crippen molar-refractivity contribution in [2.45, 2.75) is 32.6 Å². The first-order valence-electron chi connectivity index (χ1n) is 11.8. The van der Waals surface area contributed by atoms with Gasteiger partial charge in [-0.05, 0) is 50.3 Å². The Balaban J connectivity index is 1.38. The van der Waals surface area contributed by atoms with E-state index in [9.17, 15) is 0 Å². The van der Waals surface area contributed by atoms with Crippen molar-refractivity contribution in [3.8, 4) is 11.4 Å². The van der Waals surface area contributed by atoms with E-state index in [4.69, 9.17) is 26.7 Å². The molecule has 168 valence electrons. The predicted octanol–water partition coefficient (Wildman–Crippen LogP) is 4.96. The minimum Gasteiger partial charge on any atom is -0.368 e. The van der Waals surface area contributed by atoms with Crippen LogP contribution in [0.5, 0.6) is 0 Å². The van der Waals surface area contributed by atoms with Gasteiger partial charge in [-0.25, -0.2) is 4.98 Å². The van der Waals surface area contributed by atoms with Crippen molar-refractivity contribution in [2.24, 2.45) is 0 Å². The van der Waals surface area contributed by atoms with Gasteiger partial charge in [-0.1, -0.05) is 48.0 Å². The molecule has 0 bridgehead atoms. The zero-order valence-electron chi connectivity index (χ0n) is 18.8. The lowest BCUT2D eigenvalue weighted by molar-refractivity contribution is 0.614. The molecule has 7 heteroatoms. The topological polar surface area (TPSA) is 49.6 Å². The first-order valence-corrected chi connectivity index (χ1v) is 12.2. The molecule has 6 rings (SSSR count). The largest absolute Gasteiger partial charge is 0.368 e. The maximum absolute atomic E-state index is 6.30. The van der Waals surface area contributed by atoms with Crippen molar-refractivity contribution in [3.63, 3.8) is 0 Å². The average Bonchev–Trinajstić information content (AvgIpc) is 3.28. The molecular formula is C26H27ClN6. The van der Waals surface area contributed by atoms with Crippen molar-refractivity contribution in [3.05, 3.63) is 70.4 Å². The number of hydrogen-bond donors (Lipinski definition) is 0. The lowest BCUT2D eigenvalue weighted by atomic mass is 9.96. The second-order valence-corrected chi connectivity index (χ2v) is 9.42. The summed E-state index contributed by atoms with van der Waals surface area (Å²) < 4.78 is 1.99. The summed E-state index contributed by atoms with van der Waals surface area (Å²) >= 11 is 6.30. The predicted molar refractivity (Wildman–Crippen MR) is 133 cm³/mol. The van der Waals surface area contributed by atoms with Crippen LogP contribution in [0.15, 0.2) is 48.5 Å². The van der Waals surface area contributed by atoms with Gasteiger partial charge in [0.05, 0.1) is 5.69 Å². The molecule has 0 saturated carbocycles. The summed E-state index contributed by atoms with van der Waals surface area (Å²) in [5.74, 6) is 2.63. The molecule has 2 aliphatic rings. The van der Waals surface area contributed by atoms with Gasteiger partial charge in [0, 0.05) is 48.0 Å². The molecule has 2 aromatic heterocycles. The molecule has 2 aromatic carbocycles. The van der Waals surface area contributed by atoms with Gasteiger partial charge >= 0.3 is 0 Å². The highest BCUT2D eigenvalue weighted by Gasteiger charge is 2.27. The third-order valence-electron chi connectivity index (χ3n) is 6.86. The molecule has 1 aliphatic carbocycles. The number of rotatable bonds is 3. The van der Waals surface area contributed by atoms with Crippen LogP contribution in [-0.2, 0) is 12.8 Å². The van der Waals surface area contributed by atoms with Gasteiger partial charge in [0.2, 0.25) is 0 Å². The summed E-state index contributed by atoms with van der Waals surface area (Å²) in [7, 11) is 0. The van der Waals surface area contributed by atoms with E-state index in [1.54, 1.807) is 0 Å². The van der Waals surface area contributed by atoms with Crippen LogP contribution in [0.1, 0.15) is 29.7 Å². The van der Waals surface area contributed by atoms with Gasteiger partial charge in [-0.3, -0.25) is 0 Å². The molecule has 0 radical (unpaired) electrons. The van der Waals surface area contributed by atoms with Crippen molar-refractivity contribution in [1.82, 2.24) is 19.6 Å². The van der Waals surface area contributed by atoms with Crippen molar-refractivity contribution >= 4 is 28.9 Å². The molecule has 0 unspecified atom stereocenters. The fourth-order valence-electron chi connectivity index (χ4n) is 5.14. The summed E-state index contributed by atoms with van der Waals surface area (Å²) in [5.41, 5.74) is 6.07. The molecular weight excluding hydrogens is 432 g/mol. The Morgan fingerprint density at radius 3 is 2.42 bits per heavy atom. The number of halogens is 1. The molecule has 1 fully saturated rings. The molecule has 0 atom stereocenters. The van der Waals surface area contributed by atoms with Crippen LogP contribution in [0.2, 0.25) is 5.02 Å². The molecule has 33 heavy (non-hydrogen) atoms. The smallest absolute Gasteiger partial charge is 0.254 e. The third kappa shape index (κ3) is 3.72. The molecule has 1 saturated heterocycles. The number of anilines is 2. The molecule has 0 spiro atoms. The molecule has 3 heterocycles. The van der Waals surface area contributed by atoms with E-state index in [0.29, 0.717) is 5.78 Å². The number of aryl methyl sites for hydroxylation is 2. The van der Waals surface area contributed by atoms with Crippen molar-refractivity contribution in [2.75, 3.05) is 36.0 Å². The van der Waals surface area contributed by atoms with E-state index in [2.05, 4.69) is 41.0 Å². The highest BCUT2D eigenvalue weighted by atomic mass is 35.5. The van der Waals surface area contributed by atoms with Gasteiger partial charge in [-0.15, -0.1) is 5.10 Å². The van der Waals surface area contributed by atoms with E-state index in [1.807, 2.05) is 28.8 Å². The number of benzene rings is 2. The summed E-state index contributed by atoms with van der Waals surface area (Å²) in [5, 5.41) is 5.73. The van der Waals surface area contributed by atoms with Crippen molar-refractivity contribution < 1.29 is 0 Å². The highest BCUT2D eigenvalue weighted by molar-refractivity contribution is 6.30. The highest BCUT2D eigenvalue weighted by Crippen LogP contribution is 2.33. The molecule has 1 aliphatic heterocycles. The number of piperazine rings is 1. The quantitative estimate of drug-likeness (QED) is 0.434. The first kappa shape index (κ1) is 20.5. The Labute approximate surface area is 198 Å². The maximum Gasteiger partial charge on any atom is 0.254 e. The first-order chi connectivity index (χ1) is 16.2. The van der Waals surface area contributed by atoms with Gasteiger partial charge in [0.25, 0.3) is 5.78 Å². The van der Waals surface area contributed by atoms with Crippen LogP contribution < -0.4 is 9.80 Å². The number of aromatic nitrogens is 4. The normalized spacial score (nSPS) is 16.3. The average molecular weight is 459 g/mol. The van der Waals surface area contributed by atoms with E-state index >= 15 is 0 Å². The molecule has 4 aromatic rings. The Kier molecular flexibility index (Phi) is 5.18. The molecule has 0 amide bonds. The standard InChI is InChI=1S/C26H27ClN6/c1-18-11-12-20(27)17-23(18)31-13-15-32(16-14-31)25-21-9-5-6-10-22(21)28-26-29-24(30-33(25)26)19-7-3-2-4-8-19/h2-4,7-8,11-12,17H,5-6,9-10,13-16H2,1H3. The van der Waals surface area contributed by atoms with Gasteiger partial charge < -0.3 is 9.80 Å². The van der Waals surface area contributed by atoms with Crippen LogP contribution in [-0.4, -0.2) is 45.8 Å². The fourth-order valence-corrected chi connectivity index (χ4v) is 5.30. The second kappa shape index (κ2) is 8.34. The van der Waals surface area contributed by atoms with Crippen molar-refractivity contribution in [1.29, 1.82) is 0 Å². The Bertz CT molecular complexity index is 1310. The SMILES string of the molecule is Cc1ccc(Cl)cc1N1CCN(c2c3c(nc4nc(-c5ccccc5)nn24)CCCC3)CC1. The van der Waals surface area contributed by atoms with Crippen LogP contribution in [0.4, 0.5) is 11.5 Å². The third-order valence-corrected chi connectivity index (χ3v) is 7.09. The molecule has 0 N–H and O–H groups in total. The lowest BCUT2D eigenvalue weighted by Gasteiger charge is -2.39. The number of nitrogens with zero attached hydrogens (tertiary/aromatic N) is 6. The summed E-state index contributed by atoms with van der Waals surface area (Å²) in [6, 6.07) is 16.3.